The van der Waals surface area contributed by atoms with Crippen LogP contribution in [0.3, 0.4) is 0 Å². The fourth-order valence-corrected chi connectivity index (χ4v) is 2.20. The predicted octanol–water partition coefficient (Wildman–Crippen LogP) is 2.78. The van der Waals surface area contributed by atoms with E-state index in [-0.39, 0.29) is 28.7 Å². The van der Waals surface area contributed by atoms with Gasteiger partial charge in [-0.15, -0.1) is 0 Å². The average Bonchev–Trinajstić information content (AvgIpc) is 2.53. The molecule has 0 heterocycles. The van der Waals surface area contributed by atoms with E-state index in [9.17, 15) is 14.7 Å². The van der Waals surface area contributed by atoms with Gasteiger partial charge >= 0.3 is 5.97 Å². The lowest BCUT2D eigenvalue weighted by Gasteiger charge is -2.14. The van der Waals surface area contributed by atoms with Gasteiger partial charge in [0.05, 0.1) is 18.8 Å². The quantitative estimate of drug-likeness (QED) is 0.497. The maximum Gasteiger partial charge on any atom is 0.339 e. The lowest BCUT2D eigenvalue weighted by Crippen LogP contribution is -2.16. The van der Waals surface area contributed by atoms with Crippen molar-refractivity contribution in [3.8, 4) is 11.5 Å². The first-order valence-corrected chi connectivity index (χ1v) is 7.35. The number of rotatable bonds is 5. The van der Waals surface area contributed by atoms with Crippen molar-refractivity contribution in [1.29, 1.82) is 0 Å². The summed E-state index contributed by atoms with van der Waals surface area (Å²) in [7, 11) is 1.35. The molecule has 6 heteroatoms. The standard InChI is InChI=1S/C18H19NO5/c1-10(2)24-18(22)14-9-16(23-3)15(20)8-13(14)17(21)11-5-4-6-12(19)7-11/h4-10,20H,19H2,1-3H3. The van der Waals surface area contributed by atoms with Crippen LogP contribution in [0.25, 0.3) is 0 Å². The summed E-state index contributed by atoms with van der Waals surface area (Å²) in [5, 5.41) is 9.98. The van der Waals surface area contributed by atoms with Crippen LogP contribution < -0.4 is 10.5 Å². The number of esters is 1. The second-order valence-electron chi connectivity index (χ2n) is 5.48. The van der Waals surface area contributed by atoms with Crippen LogP contribution in [0, 0.1) is 0 Å². The zero-order valence-electron chi connectivity index (χ0n) is 13.7. The molecule has 3 N–H and O–H groups in total. The Balaban J connectivity index is 2.56. The molecule has 0 aliphatic carbocycles. The van der Waals surface area contributed by atoms with E-state index >= 15 is 0 Å². The summed E-state index contributed by atoms with van der Waals surface area (Å²) in [6.45, 7) is 3.41. The largest absolute Gasteiger partial charge is 0.504 e. The Morgan fingerprint density at radius 2 is 1.83 bits per heavy atom. The lowest BCUT2D eigenvalue weighted by molar-refractivity contribution is 0.0375. The highest BCUT2D eigenvalue weighted by Crippen LogP contribution is 2.31. The van der Waals surface area contributed by atoms with Crippen molar-refractivity contribution in [1.82, 2.24) is 0 Å². The highest BCUT2D eigenvalue weighted by molar-refractivity contribution is 6.15. The SMILES string of the molecule is COc1cc(C(=O)OC(C)C)c(C(=O)c2cccc(N)c2)cc1O. The Bertz CT molecular complexity index is 783. The van der Waals surface area contributed by atoms with Gasteiger partial charge in [0.1, 0.15) is 0 Å². The maximum absolute atomic E-state index is 12.7. The second-order valence-corrected chi connectivity index (χ2v) is 5.48. The topological polar surface area (TPSA) is 98.9 Å². The van der Waals surface area contributed by atoms with Crippen molar-refractivity contribution in [3.63, 3.8) is 0 Å². The summed E-state index contributed by atoms with van der Waals surface area (Å²) in [5.41, 5.74) is 6.46. The number of ether oxygens (including phenoxy) is 2. The molecule has 0 radical (unpaired) electrons. The van der Waals surface area contributed by atoms with E-state index in [2.05, 4.69) is 0 Å². The van der Waals surface area contributed by atoms with Crippen LogP contribution in [0.15, 0.2) is 36.4 Å². The van der Waals surface area contributed by atoms with E-state index in [0.717, 1.165) is 0 Å². The summed E-state index contributed by atoms with van der Waals surface area (Å²) < 4.78 is 10.2. The van der Waals surface area contributed by atoms with Gasteiger partial charge in [0, 0.05) is 16.8 Å². The first kappa shape index (κ1) is 17.3. The minimum atomic E-state index is -0.671. The number of nitrogens with two attached hydrogens (primary N) is 1. The molecule has 126 valence electrons. The Morgan fingerprint density at radius 1 is 1.12 bits per heavy atom. The molecule has 0 bridgehead atoms. The molecular formula is C18H19NO5. The number of ketones is 1. The van der Waals surface area contributed by atoms with Crippen molar-refractivity contribution in [2.24, 2.45) is 0 Å². The molecule has 2 aromatic rings. The van der Waals surface area contributed by atoms with Gasteiger partial charge in [0.15, 0.2) is 17.3 Å². The minimum Gasteiger partial charge on any atom is -0.504 e. The number of benzene rings is 2. The van der Waals surface area contributed by atoms with Crippen LogP contribution >= 0.6 is 0 Å². The molecule has 2 rings (SSSR count). The molecule has 0 fully saturated rings. The molecule has 0 aliphatic heterocycles. The average molecular weight is 329 g/mol. The number of phenolic OH excluding ortho intramolecular Hbond substituents is 1. The monoisotopic (exact) mass is 329 g/mol. The van der Waals surface area contributed by atoms with Gasteiger partial charge < -0.3 is 20.3 Å². The molecule has 0 aliphatic rings. The summed E-state index contributed by atoms with van der Waals surface area (Å²) >= 11 is 0. The Hall–Kier alpha value is -3.02. The van der Waals surface area contributed by atoms with Crippen molar-refractivity contribution >= 4 is 17.4 Å². The molecule has 6 nitrogen and oxygen atoms in total. The van der Waals surface area contributed by atoms with Crippen LogP contribution in [-0.4, -0.2) is 30.1 Å². The number of methoxy groups -OCH3 is 1. The van der Waals surface area contributed by atoms with E-state index in [1.54, 1.807) is 32.0 Å². The third-order valence-electron chi connectivity index (χ3n) is 3.28. The Morgan fingerprint density at radius 3 is 2.42 bits per heavy atom. The highest BCUT2D eigenvalue weighted by Gasteiger charge is 2.23. The minimum absolute atomic E-state index is 0.0181. The van der Waals surface area contributed by atoms with Crippen LogP contribution in [0.4, 0.5) is 5.69 Å². The van der Waals surface area contributed by atoms with Crippen LogP contribution in [0.1, 0.15) is 40.1 Å². The van der Waals surface area contributed by atoms with Gasteiger partial charge in [-0.3, -0.25) is 4.79 Å². The summed E-state index contributed by atoms with van der Waals surface area (Å²) in [4.78, 5) is 25.1. The number of nitrogen functional groups attached to an aromatic ring is 1. The molecule has 24 heavy (non-hydrogen) atoms. The zero-order chi connectivity index (χ0) is 17.9. The van der Waals surface area contributed by atoms with Crippen molar-refractivity contribution in [2.45, 2.75) is 20.0 Å². The fraction of sp³-hybridized carbons (Fsp3) is 0.222. The van der Waals surface area contributed by atoms with E-state index < -0.39 is 11.8 Å². The van der Waals surface area contributed by atoms with E-state index in [4.69, 9.17) is 15.2 Å². The zero-order valence-corrected chi connectivity index (χ0v) is 13.7. The van der Waals surface area contributed by atoms with Crippen LogP contribution in [-0.2, 0) is 4.74 Å². The molecule has 0 spiro atoms. The van der Waals surface area contributed by atoms with E-state index in [1.165, 1.54) is 25.3 Å². The third kappa shape index (κ3) is 3.65. The van der Waals surface area contributed by atoms with Crippen LogP contribution in [0.5, 0.6) is 11.5 Å². The molecule has 0 amide bonds. The first-order valence-electron chi connectivity index (χ1n) is 7.35. The Kier molecular flexibility index (Phi) is 5.08. The molecular weight excluding hydrogens is 310 g/mol. The third-order valence-corrected chi connectivity index (χ3v) is 3.28. The normalized spacial score (nSPS) is 10.5. The smallest absolute Gasteiger partial charge is 0.339 e. The van der Waals surface area contributed by atoms with Crippen molar-refractivity contribution in [3.05, 3.63) is 53.1 Å². The first-order chi connectivity index (χ1) is 11.3. The number of hydrogen-bond acceptors (Lipinski definition) is 6. The van der Waals surface area contributed by atoms with Gasteiger partial charge in [-0.05, 0) is 38.1 Å². The highest BCUT2D eigenvalue weighted by atomic mass is 16.5. The van der Waals surface area contributed by atoms with Gasteiger partial charge in [-0.25, -0.2) is 4.79 Å². The van der Waals surface area contributed by atoms with E-state index in [1.807, 2.05) is 0 Å². The summed E-state index contributed by atoms with van der Waals surface area (Å²) in [6.07, 6.45) is -0.354. The second kappa shape index (κ2) is 7.04. The van der Waals surface area contributed by atoms with E-state index in [0.29, 0.717) is 11.3 Å². The molecule has 0 saturated carbocycles. The molecule has 0 atom stereocenters. The number of phenols is 1. The molecule has 0 saturated heterocycles. The lowest BCUT2D eigenvalue weighted by atomic mass is 9.97. The molecule has 0 unspecified atom stereocenters. The number of carbonyl (C=O) groups is 2. The van der Waals surface area contributed by atoms with Gasteiger partial charge in [-0.2, -0.15) is 0 Å². The predicted molar refractivity (Wildman–Crippen MR) is 89.5 cm³/mol. The summed E-state index contributed by atoms with van der Waals surface area (Å²) in [5.74, 6) is -1.29. The van der Waals surface area contributed by atoms with Gasteiger partial charge in [0.2, 0.25) is 0 Å². The molecule has 0 aromatic heterocycles. The number of anilines is 1. The number of aromatic hydroxyl groups is 1. The Labute approximate surface area is 139 Å². The number of hydrogen-bond donors (Lipinski definition) is 2. The van der Waals surface area contributed by atoms with Crippen LogP contribution in [0.2, 0.25) is 0 Å². The molecule has 2 aromatic carbocycles. The van der Waals surface area contributed by atoms with Crippen molar-refractivity contribution in [2.75, 3.05) is 12.8 Å². The number of carbonyl (C=O) groups excluding carboxylic acids is 2. The fourth-order valence-electron chi connectivity index (χ4n) is 2.20. The summed E-state index contributed by atoms with van der Waals surface area (Å²) in [6, 6.07) is 8.85. The maximum atomic E-state index is 12.7. The van der Waals surface area contributed by atoms with Gasteiger partial charge in [-0.1, -0.05) is 12.1 Å². The van der Waals surface area contributed by atoms with Crippen molar-refractivity contribution < 1.29 is 24.2 Å². The van der Waals surface area contributed by atoms with Gasteiger partial charge in [0.25, 0.3) is 0 Å².